The number of piperazine rings is 4. The molecule has 160 valence electrons. The highest BCUT2D eigenvalue weighted by atomic mass is 127. The normalized spacial score (nSPS) is 33.0. The number of carbonyl (C=O) groups excluding carboxylic acids is 1. The molecule has 0 aliphatic carbocycles. The molecule has 5 fully saturated rings. The van der Waals surface area contributed by atoms with Crippen LogP contribution in [0.3, 0.4) is 0 Å². The van der Waals surface area contributed by atoms with Gasteiger partial charge in [-0.3, -0.25) is 19.6 Å². The number of hydrogen-bond donors (Lipinski definition) is 1. The molecule has 0 aromatic rings. The molecule has 2 atom stereocenters. The van der Waals surface area contributed by atoms with Gasteiger partial charge in [-0.1, -0.05) is 0 Å². The van der Waals surface area contributed by atoms with Crippen LogP contribution in [0.25, 0.3) is 0 Å². The molecule has 0 saturated carbocycles. The minimum absolute atomic E-state index is 0. The smallest absolute Gasteiger partial charge is 0.251 e. The largest absolute Gasteiger partial charge is 0.368 e. The van der Waals surface area contributed by atoms with E-state index in [1.807, 2.05) is 4.90 Å². The number of hydrogen-bond acceptors (Lipinski definition) is 5. The van der Waals surface area contributed by atoms with Gasteiger partial charge in [0.15, 0.2) is 5.96 Å². The van der Waals surface area contributed by atoms with E-state index in [9.17, 15) is 4.79 Å². The summed E-state index contributed by atoms with van der Waals surface area (Å²) in [4.78, 5) is 26.9. The minimum atomic E-state index is -0.204. The van der Waals surface area contributed by atoms with Gasteiger partial charge < -0.3 is 19.9 Å². The first-order valence-corrected chi connectivity index (χ1v) is 10.6. The summed E-state index contributed by atoms with van der Waals surface area (Å²) in [6, 6.07) is 0.545. The van der Waals surface area contributed by atoms with Crippen molar-refractivity contribution in [2.24, 2.45) is 4.99 Å². The Balaban J connectivity index is 0.00000225. The molecule has 0 aromatic heterocycles. The average molecular weight is 506 g/mol. The quantitative estimate of drug-likeness (QED) is 0.327. The van der Waals surface area contributed by atoms with Crippen molar-refractivity contribution in [3.63, 3.8) is 0 Å². The summed E-state index contributed by atoms with van der Waals surface area (Å²) in [6.07, 6.45) is 1.67. The lowest BCUT2D eigenvalue weighted by atomic mass is 10.1. The van der Waals surface area contributed by atoms with Gasteiger partial charge in [0.2, 0.25) is 0 Å². The molecule has 0 radical (unpaired) electrons. The topological polar surface area (TPSA) is 63.7 Å². The molecule has 2 bridgehead atoms. The number of ether oxygens (including phenoxy) is 1. The van der Waals surface area contributed by atoms with Crippen LogP contribution in [0, 0.1) is 0 Å². The molecule has 5 aliphatic rings. The number of fused-ring (bicyclic) bond motifs is 3. The summed E-state index contributed by atoms with van der Waals surface area (Å²) in [7, 11) is 0. The maximum atomic E-state index is 12.5. The van der Waals surface area contributed by atoms with Crippen LogP contribution in [-0.2, 0) is 9.53 Å². The van der Waals surface area contributed by atoms with Crippen LogP contribution >= 0.6 is 24.0 Å². The van der Waals surface area contributed by atoms with E-state index < -0.39 is 0 Å². The molecule has 1 amide bonds. The lowest BCUT2D eigenvalue weighted by Gasteiger charge is -2.47. The molecule has 0 aromatic carbocycles. The van der Waals surface area contributed by atoms with Crippen molar-refractivity contribution in [1.82, 2.24) is 24.9 Å². The zero-order chi connectivity index (χ0) is 18.6. The Labute approximate surface area is 185 Å². The first-order chi connectivity index (χ1) is 13.2. The summed E-state index contributed by atoms with van der Waals surface area (Å²) in [5.41, 5.74) is 0. The van der Waals surface area contributed by atoms with E-state index in [1.54, 1.807) is 0 Å². The van der Waals surface area contributed by atoms with E-state index in [4.69, 9.17) is 9.73 Å². The van der Waals surface area contributed by atoms with E-state index in [0.717, 1.165) is 71.2 Å². The van der Waals surface area contributed by atoms with Gasteiger partial charge in [-0.2, -0.15) is 0 Å². The van der Waals surface area contributed by atoms with E-state index in [-0.39, 0.29) is 36.0 Å². The Hall–Kier alpha value is -0.650. The summed E-state index contributed by atoms with van der Waals surface area (Å²) in [5, 5.41) is 3.45. The van der Waals surface area contributed by atoms with Gasteiger partial charge in [0, 0.05) is 78.1 Å². The van der Waals surface area contributed by atoms with Crippen molar-refractivity contribution in [2.75, 3.05) is 78.6 Å². The average Bonchev–Trinajstić information content (AvgIpc) is 3.26. The van der Waals surface area contributed by atoms with Crippen LogP contribution in [0.5, 0.6) is 0 Å². The number of rotatable bonds is 4. The second-order valence-corrected chi connectivity index (χ2v) is 8.00. The van der Waals surface area contributed by atoms with Gasteiger partial charge in [0.25, 0.3) is 5.91 Å². The summed E-state index contributed by atoms with van der Waals surface area (Å²) in [6.45, 7) is 13.7. The molecule has 2 unspecified atom stereocenters. The van der Waals surface area contributed by atoms with Crippen LogP contribution in [0.2, 0.25) is 0 Å². The Morgan fingerprint density at radius 2 is 1.79 bits per heavy atom. The number of nitrogens with one attached hydrogen (secondary N) is 1. The number of guanidine groups is 1. The van der Waals surface area contributed by atoms with Gasteiger partial charge in [-0.25, -0.2) is 0 Å². The molecule has 5 heterocycles. The van der Waals surface area contributed by atoms with Crippen molar-refractivity contribution in [3.8, 4) is 0 Å². The molecule has 5 saturated heterocycles. The molecule has 5 rings (SSSR count). The number of carbonyl (C=O) groups is 1. The standard InChI is InChI=1S/C19H34N6O2.HI/c1-2-20-19(21-14-16-15-22-5-7-23(16)8-6-22)25-11-9-24(10-12-25)18(26)17-4-3-13-27-17;/h16-17H,2-15H2,1H3,(H,20,21);1H. The molecular formula is C19H35IN6O2. The maximum absolute atomic E-state index is 12.5. The number of aliphatic imine (C=N–C) groups is 1. The van der Waals surface area contributed by atoms with Crippen molar-refractivity contribution >= 4 is 35.8 Å². The maximum Gasteiger partial charge on any atom is 0.251 e. The van der Waals surface area contributed by atoms with Crippen molar-refractivity contribution < 1.29 is 9.53 Å². The lowest BCUT2D eigenvalue weighted by molar-refractivity contribution is -0.142. The lowest BCUT2D eigenvalue weighted by Crippen LogP contribution is -2.62. The van der Waals surface area contributed by atoms with E-state index in [1.165, 1.54) is 26.2 Å². The van der Waals surface area contributed by atoms with E-state index >= 15 is 0 Å². The minimum Gasteiger partial charge on any atom is -0.368 e. The van der Waals surface area contributed by atoms with Gasteiger partial charge in [0.05, 0.1) is 6.54 Å². The monoisotopic (exact) mass is 506 g/mol. The zero-order valence-corrected chi connectivity index (χ0v) is 19.3. The van der Waals surface area contributed by atoms with E-state index in [2.05, 4.69) is 26.9 Å². The molecule has 8 nitrogen and oxygen atoms in total. The first-order valence-electron chi connectivity index (χ1n) is 10.6. The molecular weight excluding hydrogens is 471 g/mol. The Morgan fingerprint density at radius 1 is 1.07 bits per heavy atom. The molecule has 9 heteroatoms. The molecule has 0 spiro atoms. The third kappa shape index (κ3) is 5.09. The highest BCUT2D eigenvalue weighted by Crippen LogP contribution is 2.17. The van der Waals surface area contributed by atoms with Crippen molar-refractivity contribution in [1.29, 1.82) is 0 Å². The van der Waals surface area contributed by atoms with Crippen molar-refractivity contribution in [2.45, 2.75) is 31.9 Å². The Bertz CT molecular complexity index is 541. The SMILES string of the molecule is CCNC(=NCC1CN2CCN1CC2)N1CCN(C(=O)C2CCCO2)CC1.I. The molecule has 1 N–H and O–H groups in total. The summed E-state index contributed by atoms with van der Waals surface area (Å²) >= 11 is 0. The molecule has 5 aliphatic heterocycles. The number of amides is 1. The van der Waals surface area contributed by atoms with Crippen LogP contribution < -0.4 is 5.32 Å². The third-order valence-electron chi connectivity index (χ3n) is 6.27. The van der Waals surface area contributed by atoms with E-state index in [0.29, 0.717) is 6.04 Å². The van der Waals surface area contributed by atoms with Gasteiger partial charge >= 0.3 is 0 Å². The number of halogens is 1. The first kappa shape index (κ1) is 22.0. The third-order valence-corrected chi connectivity index (χ3v) is 6.27. The fourth-order valence-electron chi connectivity index (χ4n) is 4.63. The van der Waals surface area contributed by atoms with Gasteiger partial charge in [-0.05, 0) is 19.8 Å². The highest BCUT2D eigenvalue weighted by molar-refractivity contribution is 14.0. The van der Waals surface area contributed by atoms with Crippen LogP contribution in [0.15, 0.2) is 4.99 Å². The predicted molar refractivity (Wildman–Crippen MR) is 120 cm³/mol. The van der Waals surface area contributed by atoms with Crippen LogP contribution in [-0.4, -0.2) is 122 Å². The van der Waals surface area contributed by atoms with Crippen LogP contribution in [0.1, 0.15) is 19.8 Å². The summed E-state index contributed by atoms with van der Waals surface area (Å²) < 4.78 is 5.56. The van der Waals surface area contributed by atoms with Crippen molar-refractivity contribution in [3.05, 3.63) is 0 Å². The highest BCUT2D eigenvalue weighted by Gasteiger charge is 2.33. The van der Waals surface area contributed by atoms with Gasteiger partial charge in [0.1, 0.15) is 6.10 Å². The second-order valence-electron chi connectivity index (χ2n) is 8.00. The van der Waals surface area contributed by atoms with Crippen LogP contribution in [0.4, 0.5) is 0 Å². The second kappa shape index (κ2) is 10.4. The van der Waals surface area contributed by atoms with Gasteiger partial charge in [-0.15, -0.1) is 24.0 Å². The summed E-state index contributed by atoms with van der Waals surface area (Å²) in [5.74, 6) is 1.17. The Kier molecular flexibility index (Phi) is 8.19. The predicted octanol–water partition coefficient (Wildman–Crippen LogP) is -0.107. The fraction of sp³-hybridized carbons (Fsp3) is 0.895. The fourth-order valence-corrected chi connectivity index (χ4v) is 4.63. The Morgan fingerprint density at radius 3 is 2.36 bits per heavy atom. The molecule has 28 heavy (non-hydrogen) atoms. The zero-order valence-electron chi connectivity index (χ0n) is 17.0. The number of nitrogens with zero attached hydrogens (tertiary/aromatic N) is 5.